The van der Waals surface area contributed by atoms with Crippen molar-refractivity contribution < 1.29 is 9.13 Å². The third kappa shape index (κ3) is 3.70. The van der Waals surface area contributed by atoms with E-state index in [9.17, 15) is 4.39 Å². The van der Waals surface area contributed by atoms with Gasteiger partial charge in [0.1, 0.15) is 5.82 Å². The van der Waals surface area contributed by atoms with Crippen molar-refractivity contribution in [3.63, 3.8) is 0 Å². The first-order chi connectivity index (χ1) is 9.61. The maximum absolute atomic E-state index is 14.4. The van der Waals surface area contributed by atoms with Crippen molar-refractivity contribution >= 4 is 5.69 Å². The van der Waals surface area contributed by atoms with Gasteiger partial charge in [0, 0.05) is 25.7 Å². The highest BCUT2D eigenvalue weighted by molar-refractivity contribution is 5.49. The zero-order chi connectivity index (χ0) is 14.5. The number of hydrogen-bond donors (Lipinski definition) is 1. The summed E-state index contributed by atoms with van der Waals surface area (Å²) < 4.78 is 20.0. The predicted molar refractivity (Wildman–Crippen MR) is 80.7 cm³/mol. The van der Waals surface area contributed by atoms with Crippen LogP contribution in [0.15, 0.2) is 18.2 Å². The number of benzene rings is 1. The zero-order valence-corrected chi connectivity index (χ0v) is 12.7. The molecule has 20 heavy (non-hydrogen) atoms. The quantitative estimate of drug-likeness (QED) is 0.917. The van der Waals surface area contributed by atoms with Gasteiger partial charge in [-0.2, -0.15) is 0 Å². The molecule has 1 aromatic carbocycles. The number of nitrogens with one attached hydrogen (secondary N) is 1. The van der Waals surface area contributed by atoms with Crippen LogP contribution in [0.5, 0.6) is 0 Å². The predicted octanol–water partition coefficient (Wildman–Crippen LogP) is 3.11. The van der Waals surface area contributed by atoms with E-state index in [4.69, 9.17) is 4.74 Å². The molecule has 2 atom stereocenters. The fraction of sp³-hybridized carbons (Fsp3) is 0.625. The van der Waals surface area contributed by atoms with Crippen LogP contribution in [0.2, 0.25) is 0 Å². The monoisotopic (exact) mass is 280 g/mol. The minimum absolute atomic E-state index is 0.138. The highest BCUT2D eigenvalue weighted by atomic mass is 19.1. The van der Waals surface area contributed by atoms with Gasteiger partial charge in [-0.15, -0.1) is 0 Å². The fourth-order valence-electron chi connectivity index (χ4n) is 2.69. The third-order valence-electron chi connectivity index (χ3n) is 3.77. The number of ether oxygens (including phenoxy) is 1. The van der Waals surface area contributed by atoms with Crippen molar-refractivity contribution in [3.05, 3.63) is 29.6 Å². The zero-order valence-electron chi connectivity index (χ0n) is 12.7. The summed E-state index contributed by atoms with van der Waals surface area (Å²) in [5.74, 6) is -0.138. The van der Waals surface area contributed by atoms with Crippen molar-refractivity contribution in [1.82, 2.24) is 5.32 Å². The van der Waals surface area contributed by atoms with Gasteiger partial charge in [0.2, 0.25) is 0 Å². The standard InChI is InChI=1S/C16H25FN2O/c1-4-18-13(3)14-6-7-16(15(17)10-14)19-8-5-9-20-12(2)11-19/h6-7,10,12-13,18H,4-5,8-9,11H2,1-3H3. The summed E-state index contributed by atoms with van der Waals surface area (Å²) >= 11 is 0. The van der Waals surface area contributed by atoms with Gasteiger partial charge >= 0.3 is 0 Å². The Morgan fingerprint density at radius 1 is 1.50 bits per heavy atom. The summed E-state index contributed by atoms with van der Waals surface area (Å²) in [7, 11) is 0. The maximum Gasteiger partial charge on any atom is 0.146 e. The largest absolute Gasteiger partial charge is 0.377 e. The third-order valence-corrected chi connectivity index (χ3v) is 3.77. The average molecular weight is 280 g/mol. The number of hydrogen-bond acceptors (Lipinski definition) is 3. The summed E-state index contributed by atoms with van der Waals surface area (Å²) in [6.07, 6.45) is 1.09. The SMILES string of the molecule is CCNC(C)c1ccc(N2CCCOC(C)C2)c(F)c1. The van der Waals surface area contributed by atoms with Crippen molar-refractivity contribution in [2.24, 2.45) is 0 Å². The molecule has 2 rings (SSSR count). The molecule has 1 aliphatic heterocycles. The van der Waals surface area contributed by atoms with Gasteiger partial charge in [-0.3, -0.25) is 0 Å². The van der Waals surface area contributed by atoms with E-state index in [1.54, 1.807) is 6.07 Å². The Labute approximate surface area is 121 Å². The molecule has 0 saturated carbocycles. The molecule has 0 aliphatic carbocycles. The van der Waals surface area contributed by atoms with Crippen molar-refractivity contribution in [2.75, 3.05) is 31.1 Å². The Morgan fingerprint density at radius 2 is 2.30 bits per heavy atom. The Balaban J connectivity index is 2.16. The summed E-state index contributed by atoms with van der Waals surface area (Å²) in [5.41, 5.74) is 1.68. The molecule has 1 aliphatic rings. The highest BCUT2D eigenvalue weighted by Crippen LogP contribution is 2.25. The molecular weight excluding hydrogens is 255 g/mol. The lowest BCUT2D eigenvalue weighted by Crippen LogP contribution is -2.31. The molecular formula is C16H25FN2O. The first-order valence-electron chi connectivity index (χ1n) is 7.51. The summed E-state index contributed by atoms with van der Waals surface area (Å²) in [6, 6.07) is 5.74. The normalized spacial score (nSPS) is 21.6. The topological polar surface area (TPSA) is 24.5 Å². The molecule has 1 saturated heterocycles. The van der Waals surface area contributed by atoms with Crippen LogP contribution in [0.3, 0.4) is 0 Å². The first kappa shape index (κ1) is 15.3. The van der Waals surface area contributed by atoms with Crippen molar-refractivity contribution in [1.29, 1.82) is 0 Å². The number of rotatable bonds is 4. The van der Waals surface area contributed by atoms with Crippen LogP contribution in [-0.2, 0) is 4.74 Å². The number of halogens is 1. The molecule has 1 aromatic rings. The van der Waals surface area contributed by atoms with Gasteiger partial charge in [0.15, 0.2) is 0 Å². The van der Waals surface area contributed by atoms with E-state index in [-0.39, 0.29) is 18.0 Å². The highest BCUT2D eigenvalue weighted by Gasteiger charge is 2.18. The molecule has 3 nitrogen and oxygen atoms in total. The molecule has 1 N–H and O–H groups in total. The first-order valence-corrected chi connectivity index (χ1v) is 7.51. The molecule has 0 amide bonds. The fourth-order valence-corrected chi connectivity index (χ4v) is 2.69. The summed E-state index contributed by atoms with van der Waals surface area (Å²) in [5, 5.41) is 3.30. The Morgan fingerprint density at radius 3 is 3.00 bits per heavy atom. The molecule has 1 heterocycles. The van der Waals surface area contributed by atoms with Crippen LogP contribution >= 0.6 is 0 Å². The van der Waals surface area contributed by atoms with E-state index in [0.29, 0.717) is 5.69 Å². The lowest BCUT2D eigenvalue weighted by Gasteiger charge is -2.25. The molecule has 112 valence electrons. The Kier molecular flexibility index (Phi) is 5.38. The smallest absolute Gasteiger partial charge is 0.146 e. The van der Waals surface area contributed by atoms with Gasteiger partial charge in [0.05, 0.1) is 11.8 Å². The molecule has 0 aromatic heterocycles. The average Bonchev–Trinajstić information content (AvgIpc) is 2.63. The number of anilines is 1. The molecule has 0 bridgehead atoms. The second-order valence-corrected chi connectivity index (χ2v) is 5.47. The van der Waals surface area contributed by atoms with E-state index in [1.165, 1.54) is 0 Å². The van der Waals surface area contributed by atoms with E-state index in [2.05, 4.69) is 24.1 Å². The van der Waals surface area contributed by atoms with E-state index in [0.717, 1.165) is 38.2 Å². The Hall–Kier alpha value is -1.13. The van der Waals surface area contributed by atoms with Gasteiger partial charge in [-0.25, -0.2) is 4.39 Å². The molecule has 0 spiro atoms. The van der Waals surface area contributed by atoms with Crippen LogP contribution in [0.4, 0.5) is 10.1 Å². The van der Waals surface area contributed by atoms with Gasteiger partial charge in [-0.1, -0.05) is 13.0 Å². The lowest BCUT2D eigenvalue weighted by molar-refractivity contribution is 0.0820. The van der Waals surface area contributed by atoms with Crippen LogP contribution < -0.4 is 10.2 Å². The minimum atomic E-state index is -0.138. The van der Waals surface area contributed by atoms with E-state index in [1.807, 2.05) is 19.1 Å². The molecule has 4 heteroatoms. The van der Waals surface area contributed by atoms with Crippen molar-refractivity contribution in [2.45, 2.75) is 39.3 Å². The molecule has 0 radical (unpaired) electrons. The summed E-state index contributed by atoms with van der Waals surface area (Å²) in [6.45, 7) is 9.39. The van der Waals surface area contributed by atoms with Gasteiger partial charge in [0.25, 0.3) is 0 Å². The van der Waals surface area contributed by atoms with Crippen LogP contribution in [0.25, 0.3) is 0 Å². The lowest BCUT2D eigenvalue weighted by atomic mass is 10.1. The second-order valence-electron chi connectivity index (χ2n) is 5.47. The van der Waals surface area contributed by atoms with Gasteiger partial charge < -0.3 is 15.0 Å². The van der Waals surface area contributed by atoms with Crippen molar-refractivity contribution in [3.8, 4) is 0 Å². The van der Waals surface area contributed by atoms with E-state index < -0.39 is 0 Å². The van der Waals surface area contributed by atoms with E-state index >= 15 is 0 Å². The van der Waals surface area contributed by atoms with Crippen LogP contribution in [0, 0.1) is 5.82 Å². The maximum atomic E-state index is 14.4. The number of nitrogens with zero attached hydrogens (tertiary/aromatic N) is 1. The summed E-state index contributed by atoms with van der Waals surface area (Å²) in [4.78, 5) is 2.09. The molecule has 1 fully saturated rings. The van der Waals surface area contributed by atoms with Crippen LogP contribution in [0.1, 0.15) is 38.8 Å². The van der Waals surface area contributed by atoms with Gasteiger partial charge in [-0.05, 0) is 44.5 Å². The van der Waals surface area contributed by atoms with Crippen LogP contribution in [-0.4, -0.2) is 32.3 Å². The molecule has 2 unspecified atom stereocenters. The minimum Gasteiger partial charge on any atom is -0.377 e. The Bertz CT molecular complexity index is 438. The second kappa shape index (κ2) is 7.04.